The van der Waals surface area contributed by atoms with Gasteiger partial charge < -0.3 is 15.4 Å². The van der Waals surface area contributed by atoms with Crippen LogP contribution in [0.1, 0.15) is 32.8 Å². The highest BCUT2D eigenvalue weighted by Gasteiger charge is 2.28. The lowest BCUT2D eigenvalue weighted by atomic mass is 10.0. The molecule has 2 atom stereocenters. The molecule has 0 aliphatic carbocycles. The third-order valence-electron chi connectivity index (χ3n) is 3.47. The monoisotopic (exact) mass is 326 g/mol. The summed E-state index contributed by atoms with van der Waals surface area (Å²) >= 11 is 0. The molecule has 0 radical (unpaired) electrons. The Hall–Kier alpha value is -1.10. The number of ether oxygens (including phenoxy) is 1. The number of carbonyl (C=O) groups excluding carboxylic acids is 1. The number of carbonyl (C=O) groups is 1. The topological polar surface area (TPSA) is 50.4 Å². The molecule has 0 amide bonds. The Labute approximate surface area is 139 Å². The van der Waals surface area contributed by atoms with Crippen LogP contribution in [0.3, 0.4) is 0 Å². The molecule has 1 heterocycles. The molecule has 124 valence electrons. The van der Waals surface area contributed by atoms with Gasteiger partial charge in [-0.2, -0.15) is 0 Å². The Kier molecular flexibility index (Phi) is 7.33. The minimum absolute atomic E-state index is 0. The van der Waals surface area contributed by atoms with E-state index in [4.69, 9.17) is 4.74 Å². The van der Waals surface area contributed by atoms with Gasteiger partial charge in [0.1, 0.15) is 11.6 Å². The molecule has 5 heteroatoms. The van der Waals surface area contributed by atoms with Crippen LogP contribution >= 0.6 is 12.4 Å². The normalized spacial score (nSPS) is 19.3. The maximum atomic E-state index is 12.4. The predicted octanol–water partition coefficient (Wildman–Crippen LogP) is 2.31. The number of benzene rings is 1. The van der Waals surface area contributed by atoms with Gasteiger partial charge in [0, 0.05) is 12.6 Å². The third kappa shape index (κ3) is 6.34. The van der Waals surface area contributed by atoms with Crippen LogP contribution in [0.2, 0.25) is 0 Å². The Balaban J connectivity index is 0.00000242. The molecule has 1 unspecified atom stereocenters. The van der Waals surface area contributed by atoms with Gasteiger partial charge in [-0.05, 0) is 45.7 Å². The molecule has 2 N–H and O–H groups in total. The van der Waals surface area contributed by atoms with Gasteiger partial charge in [-0.1, -0.05) is 30.3 Å². The quantitative estimate of drug-likeness (QED) is 0.815. The average molecular weight is 327 g/mol. The van der Waals surface area contributed by atoms with Crippen molar-refractivity contribution in [3.63, 3.8) is 0 Å². The van der Waals surface area contributed by atoms with Crippen LogP contribution in [0, 0.1) is 0 Å². The van der Waals surface area contributed by atoms with E-state index in [0.717, 1.165) is 25.1 Å². The maximum absolute atomic E-state index is 12.4. The number of nitrogens with one attached hydrogen (secondary N) is 2. The van der Waals surface area contributed by atoms with Gasteiger partial charge in [0.05, 0.1) is 0 Å². The summed E-state index contributed by atoms with van der Waals surface area (Å²) in [7, 11) is 0. The van der Waals surface area contributed by atoms with Crippen molar-refractivity contribution in [1.82, 2.24) is 10.6 Å². The van der Waals surface area contributed by atoms with Gasteiger partial charge in [-0.25, -0.2) is 0 Å². The van der Waals surface area contributed by atoms with Crippen LogP contribution in [-0.4, -0.2) is 36.7 Å². The summed E-state index contributed by atoms with van der Waals surface area (Å²) in [5, 5.41) is 6.76. The molecule has 2 rings (SSSR count). The van der Waals surface area contributed by atoms with E-state index < -0.39 is 5.60 Å². The van der Waals surface area contributed by atoms with E-state index in [1.165, 1.54) is 0 Å². The van der Waals surface area contributed by atoms with Gasteiger partial charge >= 0.3 is 5.97 Å². The maximum Gasteiger partial charge on any atom is 0.324 e. The SMILES string of the molecule is CC(C)(C)OC(=O)C(Cc1ccccc1)N[C@H]1CCNC1.Cl. The fraction of sp³-hybridized carbons (Fsp3) is 0.588. The predicted molar refractivity (Wildman–Crippen MR) is 91.4 cm³/mol. The molecule has 1 fully saturated rings. The van der Waals surface area contributed by atoms with Gasteiger partial charge in [0.15, 0.2) is 0 Å². The highest BCUT2D eigenvalue weighted by Crippen LogP contribution is 2.13. The third-order valence-corrected chi connectivity index (χ3v) is 3.47. The van der Waals surface area contributed by atoms with Crippen molar-refractivity contribution >= 4 is 18.4 Å². The van der Waals surface area contributed by atoms with Crippen LogP contribution in [0.4, 0.5) is 0 Å². The zero-order valence-electron chi connectivity index (χ0n) is 13.6. The second kappa shape index (κ2) is 8.51. The van der Waals surface area contributed by atoms with Crippen molar-refractivity contribution in [2.45, 2.75) is 51.3 Å². The lowest BCUT2D eigenvalue weighted by molar-refractivity contribution is -0.157. The van der Waals surface area contributed by atoms with Gasteiger partial charge in [0.2, 0.25) is 0 Å². The van der Waals surface area contributed by atoms with Crippen LogP contribution < -0.4 is 10.6 Å². The van der Waals surface area contributed by atoms with E-state index in [-0.39, 0.29) is 24.4 Å². The van der Waals surface area contributed by atoms with E-state index in [9.17, 15) is 4.79 Å². The summed E-state index contributed by atoms with van der Waals surface area (Å²) in [5.74, 6) is -0.168. The molecular formula is C17H27ClN2O2. The Bertz CT molecular complexity index is 453. The Morgan fingerprint density at radius 1 is 1.36 bits per heavy atom. The number of hydrogen-bond acceptors (Lipinski definition) is 4. The van der Waals surface area contributed by atoms with E-state index in [2.05, 4.69) is 10.6 Å². The number of esters is 1. The highest BCUT2D eigenvalue weighted by molar-refractivity contribution is 5.85. The second-order valence-electron chi connectivity index (χ2n) is 6.63. The van der Waals surface area contributed by atoms with Crippen LogP contribution in [0.5, 0.6) is 0 Å². The van der Waals surface area contributed by atoms with Crippen molar-refractivity contribution in [3.8, 4) is 0 Å². The lowest BCUT2D eigenvalue weighted by Gasteiger charge is -2.26. The van der Waals surface area contributed by atoms with Crippen molar-refractivity contribution in [3.05, 3.63) is 35.9 Å². The smallest absolute Gasteiger partial charge is 0.324 e. The van der Waals surface area contributed by atoms with Crippen LogP contribution in [0.15, 0.2) is 30.3 Å². The van der Waals surface area contributed by atoms with E-state index in [1.807, 2.05) is 51.1 Å². The van der Waals surface area contributed by atoms with Crippen molar-refractivity contribution in [1.29, 1.82) is 0 Å². The molecule has 4 nitrogen and oxygen atoms in total. The van der Waals surface area contributed by atoms with Crippen molar-refractivity contribution < 1.29 is 9.53 Å². The Morgan fingerprint density at radius 3 is 2.59 bits per heavy atom. The molecule has 0 aromatic heterocycles. The van der Waals surface area contributed by atoms with Gasteiger partial charge in [-0.15, -0.1) is 12.4 Å². The highest BCUT2D eigenvalue weighted by atomic mass is 35.5. The first-order chi connectivity index (χ1) is 9.94. The first kappa shape index (κ1) is 18.9. The van der Waals surface area contributed by atoms with Gasteiger partial charge in [-0.3, -0.25) is 4.79 Å². The minimum atomic E-state index is -0.457. The second-order valence-corrected chi connectivity index (χ2v) is 6.63. The summed E-state index contributed by atoms with van der Waals surface area (Å²) < 4.78 is 5.56. The largest absolute Gasteiger partial charge is 0.459 e. The summed E-state index contributed by atoms with van der Waals surface area (Å²) in [6.07, 6.45) is 1.71. The molecule has 0 saturated carbocycles. The number of halogens is 1. The Morgan fingerprint density at radius 2 is 2.05 bits per heavy atom. The van der Waals surface area contributed by atoms with Crippen molar-refractivity contribution in [2.24, 2.45) is 0 Å². The molecule has 1 aromatic rings. The molecule has 0 bridgehead atoms. The zero-order valence-corrected chi connectivity index (χ0v) is 14.4. The van der Waals surface area contributed by atoms with Crippen LogP contribution in [0.25, 0.3) is 0 Å². The molecule has 1 saturated heterocycles. The fourth-order valence-corrected chi connectivity index (χ4v) is 2.51. The summed E-state index contributed by atoms with van der Waals surface area (Å²) in [6.45, 7) is 7.63. The molecule has 0 spiro atoms. The lowest BCUT2D eigenvalue weighted by Crippen LogP contribution is -2.48. The van der Waals surface area contributed by atoms with E-state index >= 15 is 0 Å². The first-order valence-electron chi connectivity index (χ1n) is 7.67. The molecular weight excluding hydrogens is 300 g/mol. The minimum Gasteiger partial charge on any atom is -0.459 e. The number of hydrogen-bond donors (Lipinski definition) is 2. The first-order valence-corrected chi connectivity index (χ1v) is 7.67. The molecule has 1 aliphatic heterocycles. The van der Waals surface area contributed by atoms with E-state index in [1.54, 1.807) is 0 Å². The van der Waals surface area contributed by atoms with Gasteiger partial charge in [0.25, 0.3) is 0 Å². The van der Waals surface area contributed by atoms with E-state index in [0.29, 0.717) is 12.5 Å². The molecule has 22 heavy (non-hydrogen) atoms. The molecule has 1 aromatic carbocycles. The fourth-order valence-electron chi connectivity index (χ4n) is 2.51. The zero-order chi connectivity index (χ0) is 15.3. The summed E-state index contributed by atoms with van der Waals surface area (Å²) in [5.41, 5.74) is 0.688. The summed E-state index contributed by atoms with van der Waals surface area (Å²) in [4.78, 5) is 12.4. The number of rotatable bonds is 5. The van der Waals surface area contributed by atoms with Crippen molar-refractivity contribution in [2.75, 3.05) is 13.1 Å². The molecule has 1 aliphatic rings. The standard InChI is InChI=1S/C17H26N2O2.ClH/c1-17(2,3)21-16(20)15(19-14-9-10-18-12-14)11-13-7-5-4-6-8-13;/h4-8,14-15,18-19H,9-12H2,1-3H3;1H/t14-,15?;/m0./s1. The average Bonchev–Trinajstić information content (AvgIpc) is 2.90. The summed E-state index contributed by atoms with van der Waals surface area (Å²) in [6, 6.07) is 10.1. The van der Waals surface area contributed by atoms with Crippen LogP contribution in [-0.2, 0) is 16.0 Å².